The number of nitriles is 1. The molecule has 2 N–H and O–H groups in total. The van der Waals surface area contributed by atoms with Gasteiger partial charge in [0.15, 0.2) is 0 Å². The summed E-state index contributed by atoms with van der Waals surface area (Å²) in [6.07, 6.45) is -0.677. The Labute approximate surface area is 335 Å². The van der Waals surface area contributed by atoms with Gasteiger partial charge < -0.3 is 14.5 Å². The maximum absolute atomic E-state index is 10.1. The summed E-state index contributed by atoms with van der Waals surface area (Å²) in [6, 6.07) is 70.4. The quantitative estimate of drug-likeness (QED) is 0.178. The highest BCUT2D eigenvalue weighted by Crippen LogP contribution is 2.44. The molecule has 58 heavy (non-hydrogen) atoms. The van der Waals surface area contributed by atoms with Gasteiger partial charge in [0.05, 0.1) is 39.4 Å². The van der Waals surface area contributed by atoms with Gasteiger partial charge in [-0.1, -0.05) is 140 Å². The van der Waals surface area contributed by atoms with E-state index in [9.17, 15) is 5.26 Å². The van der Waals surface area contributed by atoms with Gasteiger partial charge in [0, 0.05) is 38.4 Å². The van der Waals surface area contributed by atoms with Crippen molar-refractivity contribution in [2.24, 2.45) is 4.99 Å². The van der Waals surface area contributed by atoms with Crippen LogP contribution in [-0.2, 0) is 0 Å². The Hall–Kier alpha value is -7.72. The molecule has 0 radical (unpaired) electrons. The second-order valence-corrected chi connectivity index (χ2v) is 14.7. The average molecular weight is 745 g/mol. The van der Waals surface area contributed by atoms with E-state index in [4.69, 9.17) is 4.99 Å². The highest BCUT2D eigenvalue weighted by atomic mass is 15.3. The lowest BCUT2D eigenvalue weighted by molar-refractivity contribution is 0.408. The number of para-hydroxylation sites is 4. The van der Waals surface area contributed by atoms with Crippen molar-refractivity contribution in [3.63, 3.8) is 0 Å². The fourth-order valence-corrected chi connectivity index (χ4v) is 8.98. The van der Waals surface area contributed by atoms with E-state index in [0.29, 0.717) is 11.4 Å². The number of nitrogens with one attached hydrogen (secondary N) is 2. The smallest absolute Gasteiger partial charge is 0.133 e. The Kier molecular flexibility index (Phi) is 7.99. The lowest BCUT2D eigenvalue weighted by atomic mass is 9.95. The molecule has 11 rings (SSSR count). The summed E-state index contributed by atoms with van der Waals surface area (Å²) in [7, 11) is 0. The van der Waals surface area contributed by atoms with E-state index in [-0.39, 0.29) is 6.17 Å². The van der Waals surface area contributed by atoms with Crippen LogP contribution >= 0.6 is 0 Å². The molecular weight excluding hydrogens is 709 g/mol. The van der Waals surface area contributed by atoms with Crippen molar-refractivity contribution in [1.29, 1.82) is 5.26 Å². The molecule has 0 amide bonds. The van der Waals surface area contributed by atoms with Crippen molar-refractivity contribution >= 4 is 49.4 Å². The summed E-state index contributed by atoms with van der Waals surface area (Å²) in [5.74, 6) is 0.678. The molecule has 0 fully saturated rings. The molecule has 0 saturated carbocycles. The van der Waals surface area contributed by atoms with Gasteiger partial charge in [-0.05, 0) is 71.3 Å². The molecule has 2 aromatic heterocycles. The molecular formula is C52H36N6. The normalized spacial score (nSPS) is 15.4. The van der Waals surface area contributed by atoms with Crippen molar-refractivity contribution < 1.29 is 0 Å². The van der Waals surface area contributed by atoms with Crippen molar-refractivity contribution in [1.82, 2.24) is 19.8 Å². The van der Waals surface area contributed by atoms with Crippen LogP contribution < -0.4 is 10.6 Å². The number of amidine groups is 1. The number of aromatic nitrogens is 2. The number of nitrogens with zero attached hydrogens (tertiary/aromatic N) is 4. The van der Waals surface area contributed by atoms with Gasteiger partial charge in [-0.25, -0.2) is 4.99 Å². The molecule has 2 atom stereocenters. The van der Waals surface area contributed by atoms with Crippen LogP contribution in [0.25, 0.3) is 66.1 Å². The second-order valence-electron chi connectivity index (χ2n) is 14.7. The fourth-order valence-electron chi connectivity index (χ4n) is 8.98. The zero-order valence-corrected chi connectivity index (χ0v) is 31.4. The SMILES string of the molecule is N#Cc1ccccc1C1=NC(c2ccccc2-n2c3ccccc3c3c(-c4cccc5c4c4ccccc4n5-c4ccccc4)cccc32)NC(c2ccccc2)N1. The molecule has 6 nitrogen and oxygen atoms in total. The molecule has 1 aliphatic rings. The molecule has 0 saturated heterocycles. The van der Waals surface area contributed by atoms with Crippen LogP contribution in [0.3, 0.4) is 0 Å². The third-order valence-corrected chi connectivity index (χ3v) is 11.5. The molecule has 0 bridgehead atoms. The summed E-state index contributed by atoms with van der Waals surface area (Å²) < 4.78 is 4.78. The van der Waals surface area contributed by atoms with Crippen LogP contribution in [0.4, 0.5) is 0 Å². The van der Waals surface area contributed by atoms with E-state index in [1.165, 1.54) is 43.7 Å². The molecule has 3 heterocycles. The maximum Gasteiger partial charge on any atom is 0.133 e. The van der Waals surface area contributed by atoms with Crippen LogP contribution in [0.2, 0.25) is 0 Å². The minimum absolute atomic E-state index is 0.248. The van der Waals surface area contributed by atoms with E-state index in [2.05, 4.69) is 177 Å². The maximum atomic E-state index is 10.1. The summed E-state index contributed by atoms with van der Waals surface area (Å²) in [5, 5.41) is 22.4. The summed E-state index contributed by atoms with van der Waals surface area (Å²) >= 11 is 0. The van der Waals surface area contributed by atoms with Crippen LogP contribution in [0, 0.1) is 11.3 Å². The summed E-state index contributed by atoms with van der Waals surface area (Å²) in [6.45, 7) is 0. The van der Waals surface area contributed by atoms with E-state index in [0.717, 1.165) is 39.1 Å². The van der Waals surface area contributed by atoms with E-state index in [1.807, 2.05) is 42.5 Å². The Morgan fingerprint density at radius 1 is 0.483 bits per heavy atom. The van der Waals surface area contributed by atoms with Gasteiger partial charge >= 0.3 is 0 Å². The lowest BCUT2D eigenvalue weighted by Crippen LogP contribution is -2.45. The van der Waals surface area contributed by atoms with E-state index >= 15 is 0 Å². The van der Waals surface area contributed by atoms with Crippen LogP contribution in [0.1, 0.15) is 34.6 Å². The van der Waals surface area contributed by atoms with Crippen molar-refractivity contribution in [3.05, 3.63) is 216 Å². The molecule has 1 aliphatic heterocycles. The number of benzene rings is 8. The van der Waals surface area contributed by atoms with E-state index in [1.54, 1.807) is 0 Å². The van der Waals surface area contributed by atoms with E-state index < -0.39 is 6.17 Å². The lowest BCUT2D eigenvalue weighted by Gasteiger charge is -2.33. The first-order valence-corrected chi connectivity index (χ1v) is 19.6. The molecule has 274 valence electrons. The van der Waals surface area contributed by atoms with Gasteiger partial charge in [-0.2, -0.15) is 5.26 Å². The Morgan fingerprint density at radius 2 is 1.02 bits per heavy atom. The molecule has 0 aliphatic carbocycles. The average Bonchev–Trinajstić information content (AvgIpc) is 3.83. The van der Waals surface area contributed by atoms with Crippen LogP contribution in [0.15, 0.2) is 199 Å². The van der Waals surface area contributed by atoms with Gasteiger partial charge in [0.25, 0.3) is 0 Å². The number of hydrogen-bond donors (Lipinski definition) is 2. The third kappa shape index (κ3) is 5.33. The number of rotatable bonds is 6. The standard InChI is InChI=1S/C52H36N6/c53-33-35-19-7-8-22-37(35)51-54-50(34-17-3-1-4-18-34)55-52(56-51)42-25-11-14-30-45(42)58-44-29-13-10-24-41(44)49-39(27-16-32-47(49)58)38-26-15-31-46-48(38)40-23-9-12-28-43(40)57(46)36-20-5-2-6-21-36/h1-32,50,52,55H,(H,54,56). The van der Waals surface area contributed by atoms with Gasteiger partial charge in [0.2, 0.25) is 0 Å². The highest BCUT2D eigenvalue weighted by Gasteiger charge is 2.29. The number of aliphatic imine (C=N–C) groups is 1. The highest BCUT2D eigenvalue weighted by molar-refractivity contribution is 6.22. The minimum Gasteiger partial charge on any atom is -0.350 e. The zero-order chi connectivity index (χ0) is 38.6. The number of hydrogen-bond acceptors (Lipinski definition) is 4. The first-order valence-electron chi connectivity index (χ1n) is 19.6. The molecule has 6 heteroatoms. The van der Waals surface area contributed by atoms with Crippen molar-refractivity contribution in [2.75, 3.05) is 0 Å². The van der Waals surface area contributed by atoms with Gasteiger partial charge in [-0.3, -0.25) is 5.32 Å². The van der Waals surface area contributed by atoms with Gasteiger partial charge in [-0.15, -0.1) is 0 Å². The zero-order valence-electron chi connectivity index (χ0n) is 31.4. The first-order chi connectivity index (χ1) is 28.8. The monoisotopic (exact) mass is 744 g/mol. The van der Waals surface area contributed by atoms with Crippen molar-refractivity contribution in [3.8, 4) is 28.6 Å². The van der Waals surface area contributed by atoms with Crippen LogP contribution in [-0.4, -0.2) is 15.0 Å². The van der Waals surface area contributed by atoms with Crippen molar-refractivity contribution in [2.45, 2.75) is 12.3 Å². The molecule has 8 aromatic carbocycles. The topological polar surface area (TPSA) is 70.1 Å². The molecule has 0 spiro atoms. The molecule has 2 unspecified atom stereocenters. The molecule has 10 aromatic rings. The first kappa shape index (κ1) is 33.6. The van der Waals surface area contributed by atoms with Gasteiger partial charge in [0.1, 0.15) is 18.2 Å². The summed E-state index contributed by atoms with van der Waals surface area (Å²) in [5.41, 5.74) is 12.6. The predicted molar refractivity (Wildman–Crippen MR) is 236 cm³/mol. The predicted octanol–water partition coefficient (Wildman–Crippen LogP) is 11.8. The summed E-state index contributed by atoms with van der Waals surface area (Å²) in [4.78, 5) is 5.32. The number of fused-ring (bicyclic) bond motifs is 6. The third-order valence-electron chi connectivity index (χ3n) is 11.5. The fraction of sp³-hybridized carbons (Fsp3) is 0.0385. The van der Waals surface area contributed by atoms with Crippen LogP contribution in [0.5, 0.6) is 0 Å². The Bertz CT molecular complexity index is 3260. The second kappa shape index (κ2) is 13.8. The largest absolute Gasteiger partial charge is 0.350 e. The Morgan fingerprint density at radius 3 is 1.72 bits per heavy atom. The Balaban J connectivity index is 1.14. The minimum atomic E-state index is -0.429.